The van der Waals surface area contributed by atoms with Crippen LogP contribution in [0.4, 0.5) is 16.3 Å². The van der Waals surface area contributed by atoms with Gasteiger partial charge in [0.15, 0.2) is 5.82 Å². The van der Waals surface area contributed by atoms with E-state index in [0.29, 0.717) is 17.3 Å². The van der Waals surface area contributed by atoms with Crippen LogP contribution < -0.4 is 20.5 Å². The molecule has 0 spiro atoms. The topological polar surface area (TPSA) is 66.5 Å². The van der Waals surface area contributed by atoms with Crippen LogP contribution in [0.3, 0.4) is 0 Å². The summed E-state index contributed by atoms with van der Waals surface area (Å²) in [5.41, 5.74) is 5.45. The average molecular weight is 369 g/mol. The summed E-state index contributed by atoms with van der Waals surface area (Å²) in [6.45, 7) is 0.670. The second-order valence-corrected chi connectivity index (χ2v) is 6.44. The standard InChI is InChI=1S/C19H17ClN4O2/c1-26-16-7-2-12-10-13-8-9-24(18(13)22-17(12)11-16)23-19(25)21-15-5-3-14(20)4-6-15/h2-7,10-11H,8-9H2,1H3,(H2,21,23,25). The molecule has 132 valence electrons. The molecule has 26 heavy (non-hydrogen) atoms. The average Bonchev–Trinajstić information content (AvgIpc) is 3.03. The van der Waals surface area contributed by atoms with Crippen molar-refractivity contribution in [3.63, 3.8) is 0 Å². The van der Waals surface area contributed by atoms with Crippen molar-refractivity contribution < 1.29 is 9.53 Å². The number of nitrogens with one attached hydrogen (secondary N) is 2. The number of fused-ring (bicyclic) bond motifs is 2. The third-order valence-corrected chi connectivity index (χ3v) is 4.53. The summed E-state index contributed by atoms with van der Waals surface area (Å²) in [6, 6.07) is 14.5. The van der Waals surface area contributed by atoms with Crippen molar-refractivity contribution in [1.29, 1.82) is 0 Å². The smallest absolute Gasteiger partial charge is 0.338 e. The lowest BCUT2D eigenvalue weighted by atomic mass is 10.1. The number of urea groups is 1. The summed E-state index contributed by atoms with van der Waals surface area (Å²) >= 11 is 5.86. The van der Waals surface area contributed by atoms with Crippen molar-refractivity contribution in [1.82, 2.24) is 10.4 Å². The molecule has 2 aromatic carbocycles. The minimum Gasteiger partial charge on any atom is -0.497 e. The Balaban J connectivity index is 1.53. The number of pyridine rings is 1. The third-order valence-electron chi connectivity index (χ3n) is 4.28. The molecule has 0 unspecified atom stereocenters. The number of carbonyl (C=O) groups excluding carboxylic acids is 1. The molecule has 7 heteroatoms. The lowest BCUT2D eigenvalue weighted by Gasteiger charge is -2.20. The van der Waals surface area contributed by atoms with Crippen LogP contribution >= 0.6 is 11.6 Å². The van der Waals surface area contributed by atoms with Gasteiger partial charge in [-0.3, -0.25) is 5.01 Å². The fourth-order valence-electron chi connectivity index (χ4n) is 2.99. The second kappa shape index (κ2) is 6.72. The second-order valence-electron chi connectivity index (χ2n) is 6.00. The van der Waals surface area contributed by atoms with Crippen molar-refractivity contribution in [2.24, 2.45) is 0 Å². The summed E-state index contributed by atoms with van der Waals surface area (Å²) in [5.74, 6) is 1.51. The first-order chi connectivity index (χ1) is 12.6. The van der Waals surface area contributed by atoms with E-state index in [4.69, 9.17) is 21.3 Å². The van der Waals surface area contributed by atoms with E-state index in [1.807, 2.05) is 18.2 Å². The van der Waals surface area contributed by atoms with Crippen molar-refractivity contribution in [2.75, 3.05) is 24.0 Å². The SMILES string of the molecule is COc1ccc2cc3c(nc2c1)N(NC(=O)Nc1ccc(Cl)cc1)CC3. The summed E-state index contributed by atoms with van der Waals surface area (Å²) in [7, 11) is 1.63. The van der Waals surface area contributed by atoms with Gasteiger partial charge in [0, 0.05) is 28.7 Å². The van der Waals surface area contributed by atoms with Gasteiger partial charge in [0.1, 0.15) is 5.75 Å². The van der Waals surface area contributed by atoms with Crippen molar-refractivity contribution >= 4 is 40.0 Å². The molecular formula is C19H17ClN4O2. The minimum absolute atomic E-state index is 0.326. The molecule has 2 heterocycles. The van der Waals surface area contributed by atoms with Gasteiger partial charge in [0.2, 0.25) is 0 Å². The lowest BCUT2D eigenvalue weighted by Crippen LogP contribution is -2.43. The summed E-state index contributed by atoms with van der Waals surface area (Å²) in [4.78, 5) is 17.0. The molecule has 3 aromatic rings. The van der Waals surface area contributed by atoms with Crippen LogP contribution in [-0.4, -0.2) is 24.7 Å². The molecule has 1 aliphatic rings. The number of amides is 2. The van der Waals surface area contributed by atoms with Gasteiger partial charge in [-0.2, -0.15) is 0 Å². The van der Waals surface area contributed by atoms with E-state index in [-0.39, 0.29) is 6.03 Å². The molecule has 0 radical (unpaired) electrons. The quantitative estimate of drug-likeness (QED) is 0.733. The fourth-order valence-corrected chi connectivity index (χ4v) is 3.11. The largest absolute Gasteiger partial charge is 0.497 e. The van der Waals surface area contributed by atoms with E-state index in [0.717, 1.165) is 34.5 Å². The first-order valence-electron chi connectivity index (χ1n) is 8.21. The summed E-state index contributed by atoms with van der Waals surface area (Å²) in [5, 5.41) is 6.22. The molecule has 0 saturated carbocycles. The Morgan fingerprint density at radius 1 is 1.19 bits per heavy atom. The van der Waals surface area contributed by atoms with E-state index in [1.54, 1.807) is 36.4 Å². The van der Waals surface area contributed by atoms with Crippen LogP contribution in [-0.2, 0) is 6.42 Å². The third kappa shape index (κ3) is 3.23. The zero-order valence-electron chi connectivity index (χ0n) is 14.1. The lowest BCUT2D eigenvalue weighted by molar-refractivity contribution is 0.251. The predicted molar refractivity (Wildman–Crippen MR) is 103 cm³/mol. The number of ether oxygens (including phenoxy) is 1. The van der Waals surface area contributed by atoms with Gasteiger partial charge in [-0.1, -0.05) is 11.6 Å². The van der Waals surface area contributed by atoms with Crippen LogP contribution in [0.5, 0.6) is 5.75 Å². The highest BCUT2D eigenvalue weighted by molar-refractivity contribution is 6.30. The Hall–Kier alpha value is -2.99. The number of rotatable bonds is 3. The van der Waals surface area contributed by atoms with Gasteiger partial charge in [0.05, 0.1) is 12.6 Å². The fraction of sp³-hybridized carbons (Fsp3) is 0.158. The highest BCUT2D eigenvalue weighted by atomic mass is 35.5. The number of carbonyl (C=O) groups is 1. The van der Waals surface area contributed by atoms with E-state index in [1.165, 1.54) is 0 Å². The number of methoxy groups -OCH3 is 1. The molecular weight excluding hydrogens is 352 g/mol. The maximum atomic E-state index is 12.3. The van der Waals surface area contributed by atoms with Gasteiger partial charge in [-0.05, 0) is 54.4 Å². The van der Waals surface area contributed by atoms with E-state index < -0.39 is 0 Å². The van der Waals surface area contributed by atoms with Gasteiger partial charge in [0.25, 0.3) is 0 Å². The maximum Gasteiger partial charge on any atom is 0.338 e. The van der Waals surface area contributed by atoms with E-state index >= 15 is 0 Å². The Morgan fingerprint density at radius 2 is 2.00 bits per heavy atom. The number of hydrazine groups is 1. The predicted octanol–water partition coefficient (Wildman–Crippen LogP) is 4.00. The van der Waals surface area contributed by atoms with E-state index in [2.05, 4.69) is 16.8 Å². The number of aromatic nitrogens is 1. The van der Waals surface area contributed by atoms with E-state index in [9.17, 15) is 4.79 Å². The first-order valence-corrected chi connectivity index (χ1v) is 8.58. The van der Waals surface area contributed by atoms with Gasteiger partial charge in [-0.15, -0.1) is 0 Å². The molecule has 1 aromatic heterocycles. The first kappa shape index (κ1) is 16.5. The molecule has 0 bridgehead atoms. The molecule has 2 amide bonds. The molecule has 0 saturated heterocycles. The van der Waals surface area contributed by atoms with Crippen molar-refractivity contribution in [2.45, 2.75) is 6.42 Å². The number of benzene rings is 2. The van der Waals surface area contributed by atoms with Crippen LogP contribution in [0, 0.1) is 0 Å². The van der Waals surface area contributed by atoms with Crippen LogP contribution in [0.1, 0.15) is 5.56 Å². The number of hydrogen-bond donors (Lipinski definition) is 2. The molecule has 0 aliphatic carbocycles. The normalized spacial score (nSPS) is 12.8. The van der Waals surface area contributed by atoms with Crippen LogP contribution in [0.25, 0.3) is 10.9 Å². The highest BCUT2D eigenvalue weighted by Gasteiger charge is 2.23. The number of anilines is 2. The van der Waals surface area contributed by atoms with Crippen molar-refractivity contribution in [3.05, 3.63) is 59.1 Å². The van der Waals surface area contributed by atoms with Crippen LogP contribution in [0.15, 0.2) is 48.5 Å². The Kier molecular flexibility index (Phi) is 4.26. The Bertz CT molecular complexity index is 975. The van der Waals surface area contributed by atoms with Gasteiger partial charge in [-0.25, -0.2) is 15.2 Å². The van der Waals surface area contributed by atoms with Crippen LogP contribution in [0.2, 0.25) is 5.02 Å². The zero-order chi connectivity index (χ0) is 18.1. The number of hydrogen-bond acceptors (Lipinski definition) is 4. The maximum absolute atomic E-state index is 12.3. The number of halogens is 1. The zero-order valence-corrected chi connectivity index (χ0v) is 14.9. The Labute approximate surface area is 155 Å². The number of nitrogens with zero attached hydrogens (tertiary/aromatic N) is 2. The Morgan fingerprint density at radius 3 is 2.77 bits per heavy atom. The highest BCUT2D eigenvalue weighted by Crippen LogP contribution is 2.29. The molecule has 1 aliphatic heterocycles. The molecule has 6 nitrogen and oxygen atoms in total. The van der Waals surface area contributed by atoms with Gasteiger partial charge < -0.3 is 10.1 Å². The molecule has 0 fully saturated rings. The monoisotopic (exact) mass is 368 g/mol. The minimum atomic E-state index is -0.326. The molecule has 0 atom stereocenters. The molecule has 4 rings (SSSR count). The molecule has 2 N–H and O–H groups in total. The van der Waals surface area contributed by atoms with Crippen molar-refractivity contribution in [3.8, 4) is 5.75 Å². The summed E-state index contributed by atoms with van der Waals surface area (Å²) < 4.78 is 5.27. The van der Waals surface area contributed by atoms with Gasteiger partial charge >= 0.3 is 6.03 Å². The summed E-state index contributed by atoms with van der Waals surface area (Å²) in [6.07, 6.45) is 0.825.